The molecule has 0 aromatic carbocycles. The summed E-state index contributed by atoms with van der Waals surface area (Å²) >= 11 is 2.59. The first kappa shape index (κ1) is 13.7. The average Bonchev–Trinajstić information content (AvgIpc) is 2.98. The van der Waals surface area contributed by atoms with Crippen LogP contribution in [-0.2, 0) is 11.3 Å². The second-order valence-electron chi connectivity index (χ2n) is 3.78. The molecule has 8 nitrogen and oxygen atoms in total. The standard InChI is InChI=1S/C9H13N7OS2/c1-6(2-16-5-11-4-12-16)13-7(17)3-18-9-15-14-8(10)19-9/h4-6H,2-3H2,1H3,(H2,10,14)(H,13,17)/t6-/m1/s1. The molecule has 0 bridgehead atoms. The predicted octanol–water partition coefficient (Wildman–Crippen LogP) is 0.00880. The molecule has 0 aliphatic carbocycles. The minimum absolute atomic E-state index is 0.0192. The van der Waals surface area contributed by atoms with Gasteiger partial charge >= 0.3 is 0 Å². The molecule has 0 saturated carbocycles. The highest BCUT2D eigenvalue weighted by Gasteiger charge is 2.10. The Bertz CT molecular complexity index is 526. The van der Waals surface area contributed by atoms with Crippen molar-refractivity contribution >= 4 is 34.1 Å². The van der Waals surface area contributed by atoms with Crippen LogP contribution in [0.4, 0.5) is 5.13 Å². The van der Waals surface area contributed by atoms with Crippen LogP contribution in [0.1, 0.15) is 6.92 Å². The minimum atomic E-state index is -0.0635. The molecular formula is C9H13N7OS2. The van der Waals surface area contributed by atoms with Crippen molar-refractivity contribution in [2.45, 2.75) is 23.8 Å². The smallest absolute Gasteiger partial charge is 0.230 e. The van der Waals surface area contributed by atoms with E-state index >= 15 is 0 Å². The van der Waals surface area contributed by atoms with Gasteiger partial charge in [0.15, 0.2) is 4.34 Å². The van der Waals surface area contributed by atoms with Crippen molar-refractivity contribution in [1.29, 1.82) is 0 Å². The lowest BCUT2D eigenvalue weighted by Gasteiger charge is -2.12. The summed E-state index contributed by atoms with van der Waals surface area (Å²) in [6.45, 7) is 2.50. The maximum absolute atomic E-state index is 11.7. The number of anilines is 1. The lowest BCUT2D eigenvalue weighted by atomic mass is 10.3. The van der Waals surface area contributed by atoms with Gasteiger partial charge in [0.05, 0.1) is 12.3 Å². The number of hydrogen-bond donors (Lipinski definition) is 2. The Balaban J connectivity index is 1.71. The zero-order valence-electron chi connectivity index (χ0n) is 10.2. The van der Waals surface area contributed by atoms with Crippen molar-refractivity contribution in [3.05, 3.63) is 12.7 Å². The number of carbonyl (C=O) groups excluding carboxylic acids is 1. The fourth-order valence-corrected chi connectivity index (χ4v) is 2.82. The Morgan fingerprint density at radius 3 is 3.11 bits per heavy atom. The first-order valence-corrected chi connectivity index (χ1v) is 7.27. The number of nitrogens with two attached hydrogens (primary N) is 1. The second-order valence-corrected chi connectivity index (χ2v) is 6.01. The largest absolute Gasteiger partial charge is 0.374 e. The molecule has 0 aliphatic rings. The Morgan fingerprint density at radius 1 is 1.63 bits per heavy atom. The van der Waals surface area contributed by atoms with E-state index in [2.05, 4.69) is 25.6 Å². The van der Waals surface area contributed by atoms with Crippen LogP contribution in [0.5, 0.6) is 0 Å². The third-order valence-corrected chi connectivity index (χ3v) is 3.97. The van der Waals surface area contributed by atoms with E-state index in [1.165, 1.54) is 29.4 Å². The fourth-order valence-electron chi connectivity index (χ4n) is 1.38. The molecule has 0 spiro atoms. The molecule has 1 atom stereocenters. The van der Waals surface area contributed by atoms with E-state index in [0.717, 1.165) is 0 Å². The van der Waals surface area contributed by atoms with Gasteiger partial charge in [-0.1, -0.05) is 23.1 Å². The Hall–Kier alpha value is -1.68. The zero-order chi connectivity index (χ0) is 13.7. The number of aromatic nitrogens is 5. The molecule has 0 fully saturated rings. The van der Waals surface area contributed by atoms with Crippen LogP contribution in [0.3, 0.4) is 0 Å². The van der Waals surface area contributed by atoms with Crippen LogP contribution >= 0.6 is 23.1 Å². The predicted molar refractivity (Wildman–Crippen MR) is 72.7 cm³/mol. The van der Waals surface area contributed by atoms with Crippen molar-refractivity contribution in [1.82, 2.24) is 30.3 Å². The van der Waals surface area contributed by atoms with E-state index in [1.54, 1.807) is 11.0 Å². The third kappa shape index (κ3) is 4.48. The number of carbonyl (C=O) groups is 1. The number of rotatable bonds is 6. The molecule has 0 radical (unpaired) electrons. The Morgan fingerprint density at radius 2 is 2.47 bits per heavy atom. The number of amides is 1. The highest BCUT2D eigenvalue weighted by Crippen LogP contribution is 2.22. The van der Waals surface area contributed by atoms with Gasteiger partial charge in [-0.15, -0.1) is 10.2 Å². The van der Waals surface area contributed by atoms with Crippen molar-refractivity contribution in [3.8, 4) is 0 Å². The summed E-state index contributed by atoms with van der Waals surface area (Å²) in [6, 6.07) is -0.0192. The van der Waals surface area contributed by atoms with Crippen molar-refractivity contribution in [2.24, 2.45) is 0 Å². The van der Waals surface area contributed by atoms with Crippen LogP contribution in [-0.4, -0.2) is 42.7 Å². The van der Waals surface area contributed by atoms with E-state index in [0.29, 0.717) is 16.0 Å². The second kappa shape index (κ2) is 6.48. The Labute approximate surface area is 117 Å². The lowest BCUT2D eigenvalue weighted by Crippen LogP contribution is -2.36. The summed E-state index contributed by atoms with van der Waals surface area (Å²) in [7, 11) is 0. The van der Waals surface area contributed by atoms with Gasteiger partial charge in [-0.2, -0.15) is 5.10 Å². The average molecular weight is 299 g/mol. The summed E-state index contributed by atoms with van der Waals surface area (Å²) < 4.78 is 2.36. The molecule has 3 N–H and O–H groups in total. The van der Waals surface area contributed by atoms with Gasteiger partial charge in [0.25, 0.3) is 0 Å². The normalized spacial score (nSPS) is 12.3. The zero-order valence-corrected chi connectivity index (χ0v) is 11.8. The minimum Gasteiger partial charge on any atom is -0.374 e. The van der Waals surface area contributed by atoms with Crippen molar-refractivity contribution < 1.29 is 4.79 Å². The first-order valence-electron chi connectivity index (χ1n) is 5.47. The monoisotopic (exact) mass is 299 g/mol. The van der Waals surface area contributed by atoms with Gasteiger partial charge in [-0.25, -0.2) is 4.98 Å². The van der Waals surface area contributed by atoms with Gasteiger partial charge in [-0.05, 0) is 6.92 Å². The Kier molecular flexibility index (Phi) is 4.68. The van der Waals surface area contributed by atoms with Crippen molar-refractivity contribution in [2.75, 3.05) is 11.5 Å². The molecular weight excluding hydrogens is 286 g/mol. The molecule has 0 unspecified atom stereocenters. The van der Waals surface area contributed by atoms with Gasteiger partial charge in [0, 0.05) is 6.04 Å². The number of hydrogen-bond acceptors (Lipinski definition) is 8. The molecule has 10 heteroatoms. The van der Waals surface area contributed by atoms with Gasteiger partial charge in [-0.3, -0.25) is 9.48 Å². The molecule has 2 heterocycles. The number of nitrogens with one attached hydrogen (secondary N) is 1. The quantitative estimate of drug-likeness (QED) is 0.722. The summed E-state index contributed by atoms with van der Waals surface area (Å²) in [4.78, 5) is 15.6. The van der Waals surface area contributed by atoms with E-state index in [1.807, 2.05) is 6.92 Å². The maximum Gasteiger partial charge on any atom is 0.230 e. The van der Waals surface area contributed by atoms with Crippen LogP contribution in [0.15, 0.2) is 17.0 Å². The fraction of sp³-hybridized carbons (Fsp3) is 0.444. The van der Waals surface area contributed by atoms with E-state index in [9.17, 15) is 4.79 Å². The number of thioether (sulfide) groups is 1. The first-order chi connectivity index (χ1) is 9.13. The van der Waals surface area contributed by atoms with E-state index in [-0.39, 0.29) is 17.7 Å². The third-order valence-electron chi connectivity index (χ3n) is 2.08. The molecule has 2 aromatic rings. The van der Waals surface area contributed by atoms with Crippen LogP contribution in [0, 0.1) is 0 Å². The summed E-state index contributed by atoms with van der Waals surface area (Å²) in [5.74, 6) is 0.224. The summed E-state index contributed by atoms with van der Waals surface area (Å²) in [6.07, 6.45) is 3.08. The van der Waals surface area contributed by atoms with Crippen LogP contribution in [0.25, 0.3) is 0 Å². The topological polar surface area (TPSA) is 112 Å². The molecule has 0 saturated heterocycles. The number of nitrogen functional groups attached to an aromatic ring is 1. The highest BCUT2D eigenvalue weighted by molar-refractivity contribution is 8.01. The molecule has 1 amide bonds. The molecule has 19 heavy (non-hydrogen) atoms. The van der Waals surface area contributed by atoms with E-state index in [4.69, 9.17) is 5.73 Å². The van der Waals surface area contributed by atoms with Gasteiger partial charge in [0.2, 0.25) is 11.0 Å². The van der Waals surface area contributed by atoms with Gasteiger partial charge < -0.3 is 11.1 Å². The van der Waals surface area contributed by atoms with Crippen LogP contribution in [0.2, 0.25) is 0 Å². The lowest BCUT2D eigenvalue weighted by molar-refractivity contribution is -0.119. The van der Waals surface area contributed by atoms with Gasteiger partial charge in [0.1, 0.15) is 12.7 Å². The highest BCUT2D eigenvalue weighted by atomic mass is 32.2. The van der Waals surface area contributed by atoms with Crippen molar-refractivity contribution in [3.63, 3.8) is 0 Å². The molecule has 0 aliphatic heterocycles. The summed E-state index contributed by atoms with van der Waals surface area (Å²) in [5.41, 5.74) is 5.46. The molecule has 2 aromatic heterocycles. The SMILES string of the molecule is C[C@H](Cn1cncn1)NC(=O)CSc1nnc(N)s1. The van der Waals surface area contributed by atoms with E-state index < -0.39 is 0 Å². The maximum atomic E-state index is 11.7. The van der Waals surface area contributed by atoms with Crippen LogP contribution < -0.4 is 11.1 Å². The molecule has 2 rings (SSSR count). The summed E-state index contributed by atoms with van der Waals surface area (Å²) in [5, 5.41) is 14.8. The molecule has 102 valence electrons. The number of nitrogens with zero attached hydrogens (tertiary/aromatic N) is 5.